The first-order valence-electron chi connectivity index (χ1n) is 5.66. The summed E-state index contributed by atoms with van der Waals surface area (Å²) in [6.45, 7) is 6.65. The van der Waals surface area contributed by atoms with E-state index in [9.17, 15) is 5.11 Å². The number of H-pyrrole nitrogens is 1. The Kier molecular flexibility index (Phi) is 2.72. The van der Waals surface area contributed by atoms with Gasteiger partial charge in [0.05, 0.1) is 6.61 Å². The van der Waals surface area contributed by atoms with E-state index in [-0.39, 0.29) is 12.0 Å². The van der Waals surface area contributed by atoms with Gasteiger partial charge in [0.15, 0.2) is 0 Å². The Labute approximate surface area is 95.5 Å². The van der Waals surface area contributed by atoms with Gasteiger partial charge in [0.2, 0.25) is 0 Å². The topological polar surface area (TPSA) is 48.9 Å². The van der Waals surface area contributed by atoms with Gasteiger partial charge in [-0.2, -0.15) is 0 Å². The molecular formula is C13H18N2O. The lowest BCUT2D eigenvalue weighted by Gasteiger charge is -2.22. The van der Waals surface area contributed by atoms with Crippen LogP contribution in [0.4, 0.5) is 0 Å². The number of aliphatic hydroxyl groups is 1. The van der Waals surface area contributed by atoms with Gasteiger partial charge >= 0.3 is 0 Å². The second kappa shape index (κ2) is 3.91. The lowest BCUT2D eigenvalue weighted by Crippen LogP contribution is -2.15. The fourth-order valence-electron chi connectivity index (χ4n) is 1.76. The maximum Gasteiger partial charge on any atom is 0.137 e. The molecule has 0 aliphatic carbocycles. The van der Waals surface area contributed by atoms with E-state index in [1.807, 2.05) is 12.4 Å². The van der Waals surface area contributed by atoms with Crippen molar-refractivity contribution in [2.75, 3.05) is 0 Å². The molecule has 2 aromatic heterocycles. The van der Waals surface area contributed by atoms with Crippen molar-refractivity contribution in [1.29, 1.82) is 0 Å². The molecule has 2 rings (SSSR count). The Morgan fingerprint density at radius 3 is 2.81 bits per heavy atom. The fourth-order valence-corrected chi connectivity index (χ4v) is 1.76. The monoisotopic (exact) mass is 218 g/mol. The summed E-state index contributed by atoms with van der Waals surface area (Å²) in [5.74, 6) is 0. The first kappa shape index (κ1) is 11.1. The number of hydrogen-bond donors (Lipinski definition) is 2. The van der Waals surface area contributed by atoms with E-state index in [0.29, 0.717) is 0 Å². The molecule has 0 aliphatic rings. The van der Waals surface area contributed by atoms with Crippen LogP contribution in [0.3, 0.4) is 0 Å². The highest BCUT2D eigenvalue weighted by Crippen LogP contribution is 2.29. The normalized spacial score (nSPS) is 12.2. The molecule has 0 bridgehead atoms. The maximum atomic E-state index is 9.23. The summed E-state index contributed by atoms with van der Waals surface area (Å²) in [7, 11) is 0. The number of nitrogens with zero attached hydrogens (tertiary/aromatic N) is 1. The predicted molar refractivity (Wildman–Crippen MR) is 65.3 cm³/mol. The first-order valence-corrected chi connectivity index (χ1v) is 5.66. The number of pyridine rings is 1. The Bertz CT molecular complexity index is 500. The van der Waals surface area contributed by atoms with Crippen LogP contribution in [0.5, 0.6) is 0 Å². The average molecular weight is 218 g/mol. The summed E-state index contributed by atoms with van der Waals surface area (Å²) in [6, 6.07) is 2.13. The van der Waals surface area contributed by atoms with Crippen molar-refractivity contribution in [3.8, 4) is 0 Å². The number of hydrogen-bond acceptors (Lipinski definition) is 2. The number of nitrogens with one attached hydrogen (secondary N) is 1. The molecule has 0 saturated heterocycles. The summed E-state index contributed by atoms with van der Waals surface area (Å²) in [5, 5.41) is 10.3. The number of aromatic nitrogens is 2. The highest BCUT2D eigenvalue weighted by atomic mass is 16.3. The summed E-state index contributed by atoms with van der Waals surface area (Å²) >= 11 is 0. The van der Waals surface area contributed by atoms with Gasteiger partial charge in [-0.25, -0.2) is 4.98 Å². The third kappa shape index (κ3) is 1.71. The quantitative estimate of drug-likeness (QED) is 0.832. The molecule has 3 nitrogen and oxygen atoms in total. The van der Waals surface area contributed by atoms with Gasteiger partial charge in [0, 0.05) is 23.3 Å². The van der Waals surface area contributed by atoms with Crippen molar-refractivity contribution in [3.05, 3.63) is 29.6 Å². The molecule has 2 N–H and O–H groups in total. The van der Waals surface area contributed by atoms with Crippen LogP contribution in [0.1, 0.15) is 38.3 Å². The first-order chi connectivity index (χ1) is 7.58. The molecule has 0 saturated carbocycles. The molecule has 0 aliphatic heterocycles. The van der Waals surface area contributed by atoms with Crippen molar-refractivity contribution in [1.82, 2.24) is 9.97 Å². The molecular weight excluding hydrogens is 200 g/mol. The van der Waals surface area contributed by atoms with Crippen LogP contribution in [0.15, 0.2) is 18.5 Å². The molecule has 2 heterocycles. The smallest absolute Gasteiger partial charge is 0.137 e. The zero-order chi connectivity index (χ0) is 11.8. The summed E-state index contributed by atoms with van der Waals surface area (Å²) in [5.41, 5.74) is 3.11. The van der Waals surface area contributed by atoms with Gasteiger partial charge in [0.25, 0.3) is 0 Å². The Balaban J connectivity index is 2.58. The minimum absolute atomic E-state index is 0.0533. The van der Waals surface area contributed by atoms with Crippen LogP contribution < -0.4 is 0 Å². The number of fused-ring (bicyclic) bond motifs is 1. The summed E-state index contributed by atoms with van der Waals surface area (Å²) in [6.07, 6.45) is 4.81. The molecule has 0 atom stereocenters. The molecule has 2 aromatic rings. The number of aromatic amines is 1. The standard InChI is InChI=1S/C13H18N2O/c1-4-13(2,3)10-5-11-9(8-16)6-14-12(11)15-7-10/h5-7,16H,4,8H2,1-3H3,(H,14,15). The Morgan fingerprint density at radius 2 is 2.19 bits per heavy atom. The fraction of sp³-hybridized carbons (Fsp3) is 0.462. The highest BCUT2D eigenvalue weighted by Gasteiger charge is 2.19. The van der Waals surface area contributed by atoms with Crippen molar-refractivity contribution < 1.29 is 5.11 Å². The van der Waals surface area contributed by atoms with Gasteiger partial charge < -0.3 is 10.1 Å². The Hall–Kier alpha value is -1.35. The molecule has 0 unspecified atom stereocenters. The van der Waals surface area contributed by atoms with Crippen molar-refractivity contribution in [2.45, 2.75) is 39.2 Å². The Morgan fingerprint density at radius 1 is 1.44 bits per heavy atom. The molecule has 0 radical (unpaired) electrons. The summed E-state index contributed by atoms with van der Waals surface area (Å²) in [4.78, 5) is 7.46. The minimum Gasteiger partial charge on any atom is -0.392 e. The second-order valence-electron chi connectivity index (χ2n) is 4.83. The van der Waals surface area contributed by atoms with Crippen molar-refractivity contribution in [3.63, 3.8) is 0 Å². The molecule has 0 fully saturated rings. The van der Waals surface area contributed by atoms with Crippen LogP contribution in [-0.2, 0) is 12.0 Å². The number of rotatable bonds is 3. The molecule has 0 aromatic carbocycles. The van der Waals surface area contributed by atoms with Crippen LogP contribution in [-0.4, -0.2) is 15.1 Å². The van der Waals surface area contributed by atoms with E-state index in [1.54, 1.807) is 0 Å². The van der Waals surface area contributed by atoms with Crippen molar-refractivity contribution in [2.24, 2.45) is 0 Å². The minimum atomic E-state index is 0.0533. The zero-order valence-electron chi connectivity index (χ0n) is 10.0. The van der Waals surface area contributed by atoms with Crippen LogP contribution in [0, 0.1) is 0 Å². The van der Waals surface area contributed by atoms with E-state index in [0.717, 1.165) is 23.0 Å². The largest absolute Gasteiger partial charge is 0.392 e. The maximum absolute atomic E-state index is 9.23. The van der Waals surface area contributed by atoms with Gasteiger partial charge in [0.1, 0.15) is 5.65 Å². The number of aliphatic hydroxyl groups excluding tert-OH is 1. The SMILES string of the molecule is CCC(C)(C)c1cnc2[nH]cc(CO)c2c1. The lowest BCUT2D eigenvalue weighted by atomic mass is 9.83. The van der Waals surface area contributed by atoms with Crippen molar-refractivity contribution >= 4 is 11.0 Å². The molecule has 3 heteroatoms. The molecule has 86 valence electrons. The van der Waals surface area contributed by atoms with E-state index in [1.165, 1.54) is 5.56 Å². The lowest BCUT2D eigenvalue weighted by molar-refractivity contribution is 0.283. The van der Waals surface area contributed by atoms with Gasteiger partial charge in [-0.15, -0.1) is 0 Å². The van der Waals surface area contributed by atoms with Gasteiger partial charge in [-0.05, 0) is 23.5 Å². The van der Waals surface area contributed by atoms with E-state index in [2.05, 4.69) is 36.8 Å². The molecule has 16 heavy (non-hydrogen) atoms. The van der Waals surface area contributed by atoms with Crippen LogP contribution in [0.25, 0.3) is 11.0 Å². The van der Waals surface area contributed by atoms with E-state index < -0.39 is 0 Å². The predicted octanol–water partition coefficient (Wildman–Crippen LogP) is 2.74. The van der Waals surface area contributed by atoms with Crippen LogP contribution in [0.2, 0.25) is 0 Å². The highest BCUT2D eigenvalue weighted by molar-refractivity contribution is 5.80. The van der Waals surface area contributed by atoms with Crippen LogP contribution >= 0.6 is 0 Å². The van der Waals surface area contributed by atoms with Gasteiger partial charge in [-0.3, -0.25) is 0 Å². The average Bonchev–Trinajstić information content (AvgIpc) is 2.70. The van der Waals surface area contributed by atoms with E-state index in [4.69, 9.17) is 0 Å². The second-order valence-corrected chi connectivity index (χ2v) is 4.83. The van der Waals surface area contributed by atoms with E-state index >= 15 is 0 Å². The summed E-state index contributed by atoms with van der Waals surface area (Å²) < 4.78 is 0. The molecule has 0 spiro atoms. The van der Waals surface area contributed by atoms with Gasteiger partial charge in [-0.1, -0.05) is 20.8 Å². The third-order valence-electron chi connectivity index (χ3n) is 3.45. The zero-order valence-corrected chi connectivity index (χ0v) is 10.0. The third-order valence-corrected chi connectivity index (χ3v) is 3.45. The molecule has 0 amide bonds.